The largest absolute Gasteiger partial charge is 0.480 e. The predicted molar refractivity (Wildman–Crippen MR) is 69.7 cm³/mol. The molecular weight excluding hydrogens is 248 g/mol. The van der Waals surface area contributed by atoms with Crippen molar-refractivity contribution in [3.63, 3.8) is 0 Å². The van der Waals surface area contributed by atoms with Crippen molar-refractivity contribution in [2.75, 3.05) is 6.54 Å². The van der Waals surface area contributed by atoms with E-state index in [0.717, 1.165) is 0 Å². The minimum absolute atomic E-state index is 0.114. The van der Waals surface area contributed by atoms with Crippen LogP contribution in [-0.2, 0) is 11.3 Å². The molecule has 106 valence electrons. The first-order chi connectivity index (χ1) is 8.90. The van der Waals surface area contributed by atoms with Gasteiger partial charge in [-0.25, -0.2) is 9.78 Å². The number of nitrogens with one attached hydrogen (secondary N) is 1. The van der Waals surface area contributed by atoms with Gasteiger partial charge in [0.2, 0.25) is 0 Å². The van der Waals surface area contributed by atoms with Crippen LogP contribution in [-0.4, -0.2) is 50.2 Å². The van der Waals surface area contributed by atoms with Crippen molar-refractivity contribution in [1.82, 2.24) is 19.8 Å². The number of rotatable bonds is 6. The number of hydrogen-bond donors (Lipinski definition) is 2. The molecule has 19 heavy (non-hydrogen) atoms. The normalized spacial score (nSPS) is 12.2. The smallest absolute Gasteiger partial charge is 0.323 e. The zero-order valence-electron chi connectivity index (χ0n) is 11.4. The molecule has 2 amide bonds. The number of urea groups is 1. The van der Waals surface area contributed by atoms with E-state index >= 15 is 0 Å². The van der Waals surface area contributed by atoms with Crippen LogP contribution in [0.5, 0.6) is 0 Å². The summed E-state index contributed by atoms with van der Waals surface area (Å²) in [7, 11) is 0. The molecule has 0 bridgehead atoms. The molecule has 1 aromatic heterocycles. The molecule has 0 saturated heterocycles. The third-order valence-electron chi connectivity index (χ3n) is 2.60. The second-order valence-electron chi connectivity index (χ2n) is 4.73. The number of aliphatic carboxylic acids is 1. The Hall–Kier alpha value is -2.05. The molecule has 0 radical (unpaired) electrons. The van der Waals surface area contributed by atoms with Crippen LogP contribution in [0, 0.1) is 0 Å². The van der Waals surface area contributed by atoms with Gasteiger partial charge in [0.1, 0.15) is 6.54 Å². The van der Waals surface area contributed by atoms with Crippen LogP contribution < -0.4 is 5.32 Å². The van der Waals surface area contributed by atoms with Crippen molar-refractivity contribution in [2.45, 2.75) is 39.4 Å². The van der Waals surface area contributed by atoms with Crippen LogP contribution in [0.2, 0.25) is 0 Å². The van der Waals surface area contributed by atoms with Gasteiger partial charge >= 0.3 is 12.0 Å². The first-order valence-corrected chi connectivity index (χ1v) is 6.14. The summed E-state index contributed by atoms with van der Waals surface area (Å²) in [4.78, 5) is 27.9. The second-order valence-corrected chi connectivity index (χ2v) is 4.73. The lowest BCUT2D eigenvalue weighted by Crippen LogP contribution is -2.49. The zero-order valence-corrected chi connectivity index (χ0v) is 11.4. The number of nitrogens with zero attached hydrogens (tertiary/aromatic N) is 3. The highest BCUT2D eigenvalue weighted by molar-refractivity contribution is 5.80. The van der Waals surface area contributed by atoms with Crippen molar-refractivity contribution in [1.29, 1.82) is 0 Å². The fourth-order valence-corrected chi connectivity index (χ4v) is 1.68. The molecule has 0 aliphatic carbocycles. The molecule has 1 heterocycles. The van der Waals surface area contributed by atoms with Crippen molar-refractivity contribution in [3.05, 3.63) is 18.7 Å². The van der Waals surface area contributed by atoms with Gasteiger partial charge < -0.3 is 19.9 Å². The summed E-state index contributed by atoms with van der Waals surface area (Å²) < 4.78 is 1.85. The van der Waals surface area contributed by atoms with Gasteiger partial charge in [0.25, 0.3) is 0 Å². The molecule has 0 spiro atoms. The van der Waals surface area contributed by atoms with Gasteiger partial charge in [-0.3, -0.25) is 4.79 Å². The lowest BCUT2D eigenvalue weighted by molar-refractivity contribution is -0.138. The highest BCUT2D eigenvalue weighted by Gasteiger charge is 2.21. The van der Waals surface area contributed by atoms with Crippen LogP contribution in [0.1, 0.15) is 20.8 Å². The van der Waals surface area contributed by atoms with Crippen LogP contribution in [0.3, 0.4) is 0 Å². The fraction of sp³-hybridized carbons (Fsp3) is 0.583. The van der Waals surface area contributed by atoms with Gasteiger partial charge in [0.05, 0.1) is 6.33 Å². The second kappa shape index (κ2) is 6.77. The maximum Gasteiger partial charge on any atom is 0.323 e. The maximum atomic E-state index is 12.0. The molecule has 1 aromatic rings. The van der Waals surface area contributed by atoms with Crippen molar-refractivity contribution in [3.8, 4) is 0 Å². The molecule has 0 aliphatic heterocycles. The number of carbonyl (C=O) groups is 2. The van der Waals surface area contributed by atoms with Crippen molar-refractivity contribution < 1.29 is 14.7 Å². The lowest BCUT2D eigenvalue weighted by Gasteiger charge is -2.27. The van der Waals surface area contributed by atoms with Crippen LogP contribution in [0.15, 0.2) is 18.7 Å². The summed E-state index contributed by atoms with van der Waals surface area (Å²) in [6, 6.07) is -0.654. The highest BCUT2D eigenvalue weighted by Crippen LogP contribution is 2.00. The topological polar surface area (TPSA) is 87.5 Å². The van der Waals surface area contributed by atoms with Gasteiger partial charge in [-0.15, -0.1) is 0 Å². The molecule has 2 N–H and O–H groups in total. The molecule has 7 nitrogen and oxygen atoms in total. The molecule has 1 unspecified atom stereocenters. The van der Waals surface area contributed by atoms with E-state index < -0.39 is 5.97 Å². The third-order valence-corrected chi connectivity index (χ3v) is 2.60. The van der Waals surface area contributed by atoms with E-state index in [0.29, 0.717) is 6.54 Å². The number of carbonyl (C=O) groups excluding carboxylic acids is 1. The molecule has 7 heteroatoms. The van der Waals surface area contributed by atoms with Crippen molar-refractivity contribution >= 4 is 12.0 Å². The number of hydrogen-bond acceptors (Lipinski definition) is 3. The Balaban J connectivity index is 2.53. The predicted octanol–water partition coefficient (Wildman–Crippen LogP) is 0.776. The maximum absolute atomic E-state index is 12.0. The van der Waals surface area contributed by atoms with E-state index in [1.165, 1.54) is 4.90 Å². The lowest BCUT2D eigenvalue weighted by atomic mass is 10.3. The van der Waals surface area contributed by atoms with E-state index in [9.17, 15) is 9.59 Å². The van der Waals surface area contributed by atoms with Gasteiger partial charge in [-0.05, 0) is 20.8 Å². The fourth-order valence-electron chi connectivity index (χ4n) is 1.68. The zero-order chi connectivity index (χ0) is 14.4. The van der Waals surface area contributed by atoms with Crippen LogP contribution >= 0.6 is 0 Å². The van der Waals surface area contributed by atoms with Crippen LogP contribution in [0.25, 0.3) is 0 Å². The van der Waals surface area contributed by atoms with E-state index in [1.807, 2.05) is 11.5 Å². The summed E-state index contributed by atoms with van der Waals surface area (Å²) in [5.41, 5.74) is 0. The summed E-state index contributed by atoms with van der Waals surface area (Å²) in [5, 5.41) is 11.6. The molecular formula is C12H20N4O3. The number of amides is 2. The Morgan fingerprint density at radius 3 is 2.58 bits per heavy atom. The first kappa shape index (κ1) is 15.0. The quantitative estimate of drug-likeness (QED) is 0.798. The number of aromatic nitrogens is 2. The Morgan fingerprint density at radius 1 is 1.42 bits per heavy atom. The van der Waals surface area contributed by atoms with Crippen molar-refractivity contribution in [2.24, 2.45) is 0 Å². The average Bonchev–Trinajstić information content (AvgIpc) is 2.77. The van der Waals surface area contributed by atoms with E-state index in [4.69, 9.17) is 5.11 Å². The van der Waals surface area contributed by atoms with Gasteiger partial charge in [-0.2, -0.15) is 0 Å². The number of carboxylic acids is 1. The SMILES string of the molecule is CC(Cn1ccnc1)NC(=O)N(CC(=O)O)C(C)C. The summed E-state index contributed by atoms with van der Waals surface area (Å²) in [6.07, 6.45) is 5.14. The van der Waals surface area contributed by atoms with Gasteiger partial charge in [0.15, 0.2) is 0 Å². The molecule has 0 aliphatic rings. The standard InChI is InChI=1S/C12H20N4O3/c1-9(2)16(7-11(17)18)12(19)14-10(3)6-15-5-4-13-8-15/h4-5,8-10H,6-7H2,1-3H3,(H,14,19)(H,17,18). The molecule has 1 atom stereocenters. The monoisotopic (exact) mass is 268 g/mol. The van der Waals surface area contributed by atoms with E-state index in [1.54, 1.807) is 32.6 Å². The van der Waals surface area contributed by atoms with Gasteiger partial charge in [-0.1, -0.05) is 0 Å². The summed E-state index contributed by atoms with van der Waals surface area (Å²) in [6.45, 7) is 5.70. The Bertz CT molecular complexity index is 417. The minimum atomic E-state index is -1.02. The molecule has 0 fully saturated rings. The van der Waals surface area contributed by atoms with Crippen LogP contribution in [0.4, 0.5) is 4.79 Å². The molecule has 1 rings (SSSR count). The molecule has 0 aromatic carbocycles. The Labute approximate surface area is 112 Å². The highest BCUT2D eigenvalue weighted by atomic mass is 16.4. The summed E-state index contributed by atoms with van der Waals surface area (Å²) in [5.74, 6) is -1.02. The third kappa shape index (κ3) is 4.99. The Kier molecular flexibility index (Phi) is 5.35. The number of carboxylic acid groups (broad SMARTS) is 1. The number of imidazole rings is 1. The van der Waals surface area contributed by atoms with E-state index in [-0.39, 0.29) is 24.7 Å². The Morgan fingerprint density at radius 2 is 2.11 bits per heavy atom. The van der Waals surface area contributed by atoms with Gasteiger partial charge in [0, 0.05) is 31.0 Å². The first-order valence-electron chi connectivity index (χ1n) is 6.14. The summed E-state index contributed by atoms with van der Waals surface area (Å²) >= 11 is 0. The van der Waals surface area contributed by atoms with E-state index in [2.05, 4.69) is 10.3 Å². The minimum Gasteiger partial charge on any atom is -0.480 e. The molecule has 0 saturated carbocycles. The average molecular weight is 268 g/mol.